The minimum absolute atomic E-state index is 0.0471. The molecule has 0 aliphatic carbocycles. The van der Waals surface area contributed by atoms with Crippen LogP contribution in [0.2, 0.25) is 0 Å². The molecule has 18 heavy (non-hydrogen) atoms. The first kappa shape index (κ1) is 13.1. The number of H-pyrrole nitrogens is 2. The van der Waals surface area contributed by atoms with Gasteiger partial charge >= 0.3 is 0 Å². The predicted octanol–water partition coefficient (Wildman–Crippen LogP) is 3.62. The van der Waals surface area contributed by atoms with Gasteiger partial charge in [0.2, 0.25) is 0 Å². The van der Waals surface area contributed by atoms with E-state index in [1.165, 1.54) is 17.8 Å². The highest BCUT2D eigenvalue weighted by Gasteiger charge is 2.04. The third-order valence-electron chi connectivity index (χ3n) is 2.10. The van der Waals surface area contributed by atoms with Crippen LogP contribution in [0.3, 0.4) is 0 Å². The summed E-state index contributed by atoms with van der Waals surface area (Å²) in [5.74, 6) is -0.334. The van der Waals surface area contributed by atoms with Crippen molar-refractivity contribution in [1.29, 1.82) is 0 Å². The number of hydrogen-bond donors (Lipinski definition) is 2. The minimum atomic E-state index is -0.698. The largest absolute Gasteiger partial charge is 0.480 e. The molecule has 96 valence electrons. The maximum absolute atomic E-state index is 13.2. The Morgan fingerprint density at radius 2 is 2.17 bits per heavy atom. The number of benzene rings is 1. The van der Waals surface area contributed by atoms with E-state index in [0.717, 1.165) is 17.8 Å². The zero-order chi connectivity index (χ0) is 13.0. The average molecular weight is 288 g/mol. The smallest absolute Gasteiger partial charge is 0.174 e. The molecule has 1 aromatic carbocycles. The molecule has 0 saturated heterocycles. The quantitative estimate of drug-likeness (QED) is 0.501. The summed E-state index contributed by atoms with van der Waals surface area (Å²) < 4.78 is 31.6. The molecule has 0 atom stereocenters. The van der Waals surface area contributed by atoms with Crippen LogP contribution in [0.25, 0.3) is 0 Å². The third-order valence-corrected chi connectivity index (χ3v) is 3.12. The van der Waals surface area contributed by atoms with Crippen molar-refractivity contribution in [2.75, 3.05) is 5.94 Å². The van der Waals surface area contributed by atoms with Crippen molar-refractivity contribution in [3.05, 3.63) is 46.5 Å². The standard InChI is InChI=1S/C11H10F2N2OS2/c12-7-1-2-10(9(13)3-7)16-6-18-5-8-4-14-11(17)15-8/h1-4H,5-6H2,(H2,14,15,17). The number of nitrogens with one attached hydrogen (secondary N) is 2. The number of aromatic nitrogens is 2. The monoisotopic (exact) mass is 288 g/mol. The van der Waals surface area contributed by atoms with Crippen LogP contribution in [0.5, 0.6) is 5.75 Å². The lowest BCUT2D eigenvalue weighted by Gasteiger charge is -2.06. The van der Waals surface area contributed by atoms with Crippen molar-refractivity contribution >= 4 is 24.0 Å². The first-order valence-corrected chi connectivity index (χ1v) is 6.63. The summed E-state index contributed by atoms with van der Waals surface area (Å²) in [6.07, 6.45) is 1.77. The molecule has 0 saturated carbocycles. The van der Waals surface area contributed by atoms with Crippen molar-refractivity contribution < 1.29 is 13.5 Å². The Kier molecular flexibility index (Phi) is 4.38. The summed E-state index contributed by atoms with van der Waals surface area (Å²) in [6, 6.07) is 3.23. The Morgan fingerprint density at radius 1 is 1.33 bits per heavy atom. The first-order chi connectivity index (χ1) is 8.65. The van der Waals surface area contributed by atoms with Gasteiger partial charge in [-0.1, -0.05) is 0 Å². The van der Waals surface area contributed by atoms with Crippen molar-refractivity contribution in [2.45, 2.75) is 5.75 Å². The fraction of sp³-hybridized carbons (Fsp3) is 0.182. The molecule has 0 amide bonds. The van der Waals surface area contributed by atoms with E-state index in [4.69, 9.17) is 17.0 Å². The summed E-state index contributed by atoms with van der Waals surface area (Å²) in [6.45, 7) is 0. The average Bonchev–Trinajstić information content (AvgIpc) is 2.73. The van der Waals surface area contributed by atoms with Crippen molar-refractivity contribution in [3.8, 4) is 5.75 Å². The number of rotatable bonds is 5. The zero-order valence-corrected chi connectivity index (χ0v) is 10.8. The molecule has 0 radical (unpaired) electrons. The second-order valence-electron chi connectivity index (χ2n) is 3.45. The molecule has 7 heteroatoms. The van der Waals surface area contributed by atoms with Crippen LogP contribution in [0.15, 0.2) is 24.4 Å². The molecule has 3 nitrogen and oxygen atoms in total. The maximum atomic E-state index is 13.2. The fourth-order valence-corrected chi connectivity index (χ4v) is 2.16. The molecule has 0 aliphatic rings. The van der Waals surface area contributed by atoms with E-state index in [-0.39, 0.29) is 11.7 Å². The highest BCUT2D eigenvalue weighted by Crippen LogP contribution is 2.19. The SMILES string of the molecule is Fc1ccc(OCSCc2c[nH]c(=S)[nH]2)c(F)c1. The molecule has 0 unspecified atom stereocenters. The highest BCUT2D eigenvalue weighted by molar-refractivity contribution is 7.98. The second kappa shape index (κ2) is 6.01. The first-order valence-electron chi connectivity index (χ1n) is 5.07. The number of halogens is 2. The molecule has 1 heterocycles. The lowest BCUT2D eigenvalue weighted by atomic mass is 10.3. The van der Waals surface area contributed by atoms with Gasteiger partial charge in [0.1, 0.15) is 11.8 Å². The summed E-state index contributed by atoms with van der Waals surface area (Å²) in [7, 11) is 0. The Morgan fingerprint density at radius 3 is 2.83 bits per heavy atom. The molecule has 1 aromatic heterocycles. The highest BCUT2D eigenvalue weighted by atomic mass is 32.2. The van der Waals surface area contributed by atoms with E-state index in [9.17, 15) is 8.78 Å². The van der Waals surface area contributed by atoms with E-state index in [0.29, 0.717) is 10.5 Å². The summed E-state index contributed by atoms with van der Waals surface area (Å²) in [5.41, 5.74) is 0.938. The lowest BCUT2D eigenvalue weighted by Crippen LogP contribution is -1.96. The third kappa shape index (κ3) is 3.58. The van der Waals surface area contributed by atoms with Crippen LogP contribution in [0.1, 0.15) is 5.69 Å². The Balaban J connectivity index is 1.80. The van der Waals surface area contributed by atoms with Gasteiger partial charge in [-0.3, -0.25) is 0 Å². The van der Waals surface area contributed by atoms with Gasteiger partial charge in [-0.25, -0.2) is 8.78 Å². The maximum Gasteiger partial charge on any atom is 0.174 e. The Bertz CT molecular complexity index is 582. The van der Waals surface area contributed by atoms with E-state index in [1.54, 1.807) is 6.20 Å². The normalized spacial score (nSPS) is 10.6. The van der Waals surface area contributed by atoms with Gasteiger partial charge in [-0.05, 0) is 24.4 Å². The van der Waals surface area contributed by atoms with E-state index in [2.05, 4.69) is 9.97 Å². The molecule has 2 N–H and O–H groups in total. The van der Waals surface area contributed by atoms with Crippen LogP contribution >= 0.6 is 24.0 Å². The van der Waals surface area contributed by atoms with Crippen LogP contribution in [-0.4, -0.2) is 15.9 Å². The number of ether oxygens (including phenoxy) is 1. The van der Waals surface area contributed by atoms with E-state index in [1.807, 2.05) is 0 Å². The summed E-state index contributed by atoms with van der Waals surface area (Å²) in [4.78, 5) is 5.80. The number of aromatic amines is 2. The molecule has 0 aliphatic heterocycles. The molecular weight excluding hydrogens is 278 g/mol. The number of hydrogen-bond acceptors (Lipinski definition) is 3. The molecule has 0 spiro atoms. The van der Waals surface area contributed by atoms with E-state index >= 15 is 0 Å². The Hall–Kier alpha value is -1.34. The van der Waals surface area contributed by atoms with Gasteiger partial charge in [0, 0.05) is 23.7 Å². The molecule has 2 rings (SSSR count). The predicted molar refractivity (Wildman–Crippen MR) is 69.1 cm³/mol. The number of thioether (sulfide) groups is 1. The van der Waals surface area contributed by atoms with E-state index < -0.39 is 11.6 Å². The molecule has 2 aromatic rings. The van der Waals surface area contributed by atoms with Gasteiger partial charge in [0.15, 0.2) is 16.3 Å². The zero-order valence-electron chi connectivity index (χ0n) is 9.20. The second-order valence-corrected chi connectivity index (χ2v) is 4.79. The van der Waals surface area contributed by atoms with Crippen LogP contribution in [0.4, 0.5) is 8.78 Å². The van der Waals surface area contributed by atoms with Gasteiger partial charge in [0.05, 0.1) is 0 Å². The Labute approximate surface area is 112 Å². The summed E-state index contributed by atoms with van der Waals surface area (Å²) >= 11 is 6.33. The minimum Gasteiger partial charge on any atom is -0.480 e. The van der Waals surface area contributed by atoms with Gasteiger partial charge < -0.3 is 14.7 Å². The molecular formula is C11H10F2N2OS2. The van der Waals surface area contributed by atoms with Crippen molar-refractivity contribution in [2.24, 2.45) is 0 Å². The van der Waals surface area contributed by atoms with Gasteiger partial charge in [-0.2, -0.15) is 0 Å². The van der Waals surface area contributed by atoms with Crippen LogP contribution < -0.4 is 4.74 Å². The molecule has 0 fully saturated rings. The van der Waals surface area contributed by atoms with Gasteiger partial charge in [0.25, 0.3) is 0 Å². The number of imidazole rings is 1. The fourth-order valence-electron chi connectivity index (χ4n) is 1.30. The van der Waals surface area contributed by atoms with Crippen molar-refractivity contribution in [1.82, 2.24) is 9.97 Å². The van der Waals surface area contributed by atoms with Crippen LogP contribution in [-0.2, 0) is 5.75 Å². The van der Waals surface area contributed by atoms with Gasteiger partial charge in [-0.15, -0.1) is 11.8 Å². The van der Waals surface area contributed by atoms with Crippen LogP contribution in [0, 0.1) is 16.4 Å². The van der Waals surface area contributed by atoms with Crippen molar-refractivity contribution in [3.63, 3.8) is 0 Å². The summed E-state index contributed by atoms with van der Waals surface area (Å²) in [5, 5.41) is 0. The molecule has 0 bridgehead atoms. The lowest BCUT2D eigenvalue weighted by molar-refractivity contribution is 0.365. The topological polar surface area (TPSA) is 40.8 Å².